The summed E-state index contributed by atoms with van der Waals surface area (Å²) < 4.78 is 22.0. The summed E-state index contributed by atoms with van der Waals surface area (Å²) in [5.41, 5.74) is 0.684. The van der Waals surface area contributed by atoms with Crippen molar-refractivity contribution in [1.29, 1.82) is 0 Å². The Balaban J connectivity index is 2.92. The highest BCUT2D eigenvalue weighted by Gasteiger charge is 2.43. The molecule has 1 unspecified atom stereocenters. The minimum absolute atomic E-state index is 0.00180. The number of carbonyl (C=O) groups is 1. The summed E-state index contributed by atoms with van der Waals surface area (Å²) in [5.74, 6) is -0.386. The molecule has 19 heavy (non-hydrogen) atoms. The molecular weight excluding hydrogens is 268 g/mol. The number of sulfone groups is 1. The molecule has 1 atom stereocenters. The van der Waals surface area contributed by atoms with E-state index in [1.165, 1.54) is 13.8 Å². The van der Waals surface area contributed by atoms with E-state index in [9.17, 15) is 13.2 Å². The molecule has 0 aromatic heterocycles. The molecule has 0 aliphatic carbocycles. The van der Waals surface area contributed by atoms with Crippen LogP contribution in [0.15, 0.2) is 5.16 Å². The van der Waals surface area contributed by atoms with E-state index in [-0.39, 0.29) is 11.8 Å². The van der Waals surface area contributed by atoms with E-state index in [1.54, 1.807) is 4.90 Å². The zero-order valence-corrected chi connectivity index (χ0v) is 12.7. The quantitative estimate of drug-likeness (QED) is 0.618. The zero-order valence-electron chi connectivity index (χ0n) is 11.9. The van der Waals surface area contributed by atoms with Crippen LogP contribution in [0.4, 0.5) is 0 Å². The second kappa shape index (κ2) is 5.48. The molecule has 7 heteroatoms. The number of piperidine rings is 1. The number of nitrogens with zero attached hydrogens (tertiary/aromatic N) is 2. The maximum atomic E-state index is 12.4. The van der Waals surface area contributed by atoms with Crippen molar-refractivity contribution in [3.8, 4) is 0 Å². The van der Waals surface area contributed by atoms with Crippen LogP contribution in [0, 0.1) is 5.92 Å². The molecule has 0 saturated carbocycles. The fourth-order valence-corrected chi connectivity index (χ4v) is 2.58. The third-order valence-electron chi connectivity index (χ3n) is 3.90. The van der Waals surface area contributed by atoms with Gasteiger partial charge in [0.2, 0.25) is 5.91 Å². The minimum Gasteiger partial charge on any atom is -0.411 e. The highest BCUT2D eigenvalue weighted by molar-refractivity contribution is 7.92. The Kier molecular flexibility index (Phi) is 4.60. The topological polar surface area (TPSA) is 87.0 Å². The molecule has 1 saturated heterocycles. The van der Waals surface area contributed by atoms with Crippen molar-refractivity contribution in [2.75, 3.05) is 19.3 Å². The molecule has 110 valence electrons. The van der Waals surface area contributed by atoms with E-state index in [4.69, 9.17) is 5.21 Å². The predicted octanol–water partition coefficient (Wildman–Crippen LogP) is 0.898. The van der Waals surface area contributed by atoms with Crippen LogP contribution in [0.2, 0.25) is 0 Å². The predicted molar refractivity (Wildman–Crippen MR) is 73.1 cm³/mol. The average molecular weight is 290 g/mol. The number of rotatable bonds is 3. The van der Waals surface area contributed by atoms with Crippen LogP contribution in [0.5, 0.6) is 0 Å². The molecule has 1 amide bonds. The van der Waals surface area contributed by atoms with Crippen LogP contribution in [0.1, 0.15) is 33.6 Å². The molecule has 1 aliphatic heterocycles. The van der Waals surface area contributed by atoms with Crippen LogP contribution in [-0.4, -0.2) is 54.2 Å². The molecular formula is C12H22N2O4S. The summed E-state index contributed by atoms with van der Waals surface area (Å²) in [7, 11) is -3.47. The highest BCUT2D eigenvalue weighted by Crippen LogP contribution is 2.24. The Hall–Kier alpha value is -1.11. The van der Waals surface area contributed by atoms with Crippen molar-refractivity contribution in [1.82, 2.24) is 4.90 Å². The normalized spacial score (nSPS) is 23.7. The van der Waals surface area contributed by atoms with E-state index in [2.05, 4.69) is 5.16 Å². The van der Waals surface area contributed by atoms with Gasteiger partial charge in [-0.15, -0.1) is 0 Å². The fraction of sp³-hybridized carbons (Fsp3) is 0.833. The van der Waals surface area contributed by atoms with E-state index >= 15 is 0 Å². The summed E-state index contributed by atoms with van der Waals surface area (Å²) in [6.07, 6.45) is 2.32. The second-order valence-corrected chi connectivity index (χ2v) is 8.05. The van der Waals surface area contributed by atoms with Gasteiger partial charge >= 0.3 is 0 Å². The monoisotopic (exact) mass is 290 g/mol. The first-order chi connectivity index (χ1) is 8.65. The summed E-state index contributed by atoms with van der Waals surface area (Å²) in [5, 5.41) is 12.2. The lowest BCUT2D eigenvalue weighted by Gasteiger charge is -2.36. The van der Waals surface area contributed by atoms with Crippen LogP contribution >= 0.6 is 0 Å². The maximum absolute atomic E-state index is 12.4. The molecule has 1 aliphatic rings. The first-order valence-corrected chi connectivity index (χ1v) is 8.24. The Bertz CT molecular complexity index is 482. The van der Waals surface area contributed by atoms with E-state index in [1.807, 2.05) is 6.92 Å². The van der Waals surface area contributed by atoms with Crippen molar-refractivity contribution in [2.24, 2.45) is 11.1 Å². The molecule has 0 aromatic rings. The first-order valence-electron chi connectivity index (χ1n) is 6.35. The van der Waals surface area contributed by atoms with Gasteiger partial charge in [0.05, 0.1) is 5.71 Å². The SMILES string of the molecule is CCC1CN(C(=O)C(C)(C)S(C)(=O)=O)CCC1=NO. The van der Waals surface area contributed by atoms with Crippen molar-refractivity contribution in [3.05, 3.63) is 0 Å². The number of oxime groups is 1. The van der Waals surface area contributed by atoms with E-state index in [0.717, 1.165) is 12.7 Å². The van der Waals surface area contributed by atoms with Gasteiger partial charge in [-0.3, -0.25) is 4.79 Å². The fourth-order valence-electron chi connectivity index (χ4n) is 2.14. The van der Waals surface area contributed by atoms with Gasteiger partial charge in [0, 0.05) is 31.7 Å². The van der Waals surface area contributed by atoms with Crippen LogP contribution in [0.3, 0.4) is 0 Å². The summed E-state index contributed by atoms with van der Waals surface area (Å²) >= 11 is 0. The molecule has 0 spiro atoms. The molecule has 1 rings (SSSR count). The maximum Gasteiger partial charge on any atom is 0.243 e. The first kappa shape index (κ1) is 15.9. The van der Waals surface area contributed by atoms with Crippen molar-refractivity contribution < 1.29 is 18.4 Å². The number of likely N-dealkylation sites (tertiary alicyclic amines) is 1. The van der Waals surface area contributed by atoms with Gasteiger partial charge in [-0.05, 0) is 20.3 Å². The van der Waals surface area contributed by atoms with Gasteiger partial charge < -0.3 is 10.1 Å². The van der Waals surface area contributed by atoms with Crippen LogP contribution in [-0.2, 0) is 14.6 Å². The molecule has 0 radical (unpaired) electrons. The summed E-state index contributed by atoms with van der Waals surface area (Å²) in [6.45, 7) is 5.62. The second-order valence-electron chi connectivity index (χ2n) is 5.48. The van der Waals surface area contributed by atoms with Crippen molar-refractivity contribution >= 4 is 21.5 Å². The standard InChI is InChI=1S/C12H22N2O4S/c1-5-9-8-14(7-6-10(9)13-16)11(15)12(2,3)19(4,17)18/h9,16H,5-8H2,1-4H3. The lowest BCUT2D eigenvalue weighted by molar-refractivity contribution is -0.133. The molecule has 0 aromatic carbocycles. The Morgan fingerprint density at radius 2 is 2.11 bits per heavy atom. The summed E-state index contributed by atoms with van der Waals surface area (Å²) in [4.78, 5) is 13.9. The smallest absolute Gasteiger partial charge is 0.243 e. The molecule has 0 bridgehead atoms. The third kappa shape index (κ3) is 3.08. The van der Waals surface area contributed by atoms with E-state index < -0.39 is 14.6 Å². The van der Waals surface area contributed by atoms with Crippen LogP contribution < -0.4 is 0 Å². The lowest BCUT2D eigenvalue weighted by atomic mass is 9.92. The molecule has 1 heterocycles. The van der Waals surface area contributed by atoms with E-state index in [0.29, 0.717) is 25.2 Å². The van der Waals surface area contributed by atoms with Gasteiger partial charge in [0.1, 0.15) is 4.75 Å². The Morgan fingerprint density at radius 1 is 1.53 bits per heavy atom. The van der Waals surface area contributed by atoms with Gasteiger partial charge in [-0.2, -0.15) is 0 Å². The lowest BCUT2D eigenvalue weighted by Crippen LogP contribution is -2.54. The number of hydrogen-bond acceptors (Lipinski definition) is 5. The number of hydrogen-bond donors (Lipinski definition) is 1. The van der Waals surface area contributed by atoms with Crippen molar-refractivity contribution in [2.45, 2.75) is 38.4 Å². The van der Waals surface area contributed by atoms with Gasteiger partial charge in [-0.1, -0.05) is 12.1 Å². The highest BCUT2D eigenvalue weighted by atomic mass is 32.2. The van der Waals surface area contributed by atoms with Gasteiger partial charge in [-0.25, -0.2) is 8.42 Å². The Morgan fingerprint density at radius 3 is 2.53 bits per heavy atom. The minimum atomic E-state index is -3.47. The van der Waals surface area contributed by atoms with Crippen LogP contribution in [0.25, 0.3) is 0 Å². The van der Waals surface area contributed by atoms with Gasteiger partial charge in [0.15, 0.2) is 9.84 Å². The molecule has 1 fully saturated rings. The summed E-state index contributed by atoms with van der Waals surface area (Å²) in [6, 6.07) is 0. The number of amides is 1. The Labute approximate surface area is 114 Å². The van der Waals surface area contributed by atoms with Gasteiger partial charge in [0.25, 0.3) is 0 Å². The zero-order chi connectivity index (χ0) is 14.8. The third-order valence-corrected chi connectivity index (χ3v) is 5.93. The largest absolute Gasteiger partial charge is 0.411 e. The average Bonchev–Trinajstić information content (AvgIpc) is 2.35. The number of carbonyl (C=O) groups excluding carboxylic acids is 1. The molecule has 1 N–H and O–H groups in total. The van der Waals surface area contributed by atoms with Crippen molar-refractivity contribution in [3.63, 3.8) is 0 Å². The molecule has 6 nitrogen and oxygen atoms in total.